The van der Waals surface area contributed by atoms with Gasteiger partial charge in [0.25, 0.3) is 0 Å². The number of rotatable bonds is 1. The number of halogens is 1. The van der Waals surface area contributed by atoms with Crippen molar-refractivity contribution in [3.63, 3.8) is 0 Å². The molecule has 2 amide bonds. The van der Waals surface area contributed by atoms with Gasteiger partial charge in [-0.3, -0.25) is 9.59 Å². The zero-order chi connectivity index (χ0) is 14.0. The van der Waals surface area contributed by atoms with Gasteiger partial charge in [-0.25, -0.2) is 4.90 Å². The van der Waals surface area contributed by atoms with Crippen molar-refractivity contribution in [1.82, 2.24) is 0 Å². The van der Waals surface area contributed by atoms with Gasteiger partial charge in [-0.2, -0.15) is 0 Å². The SMILES string of the molecule is Cc1cc(N2C(=O)[C@@H]3[C@H](C2=O)[C@H]2CC[C@@H]3O2)ccc1Cl. The van der Waals surface area contributed by atoms with Crippen LogP contribution < -0.4 is 4.90 Å². The van der Waals surface area contributed by atoms with Crippen molar-refractivity contribution in [2.24, 2.45) is 11.8 Å². The van der Waals surface area contributed by atoms with Gasteiger partial charge in [-0.15, -0.1) is 0 Å². The quantitative estimate of drug-likeness (QED) is 0.746. The van der Waals surface area contributed by atoms with Gasteiger partial charge >= 0.3 is 0 Å². The number of hydrogen-bond acceptors (Lipinski definition) is 3. The molecular weight excluding hydrogens is 278 g/mol. The highest BCUT2D eigenvalue weighted by Gasteiger charge is 2.62. The molecule has 3 saturated heterocycles. The minimum Gasteiger partial charge on any atom is -0.373 e. The van der Waals surface area contributed by atoms with Crippen LogP contribution in [0.2, 0.25) is 5.02 Å². The summed E-state index contributed by atoms with van der Waals surface area (Å²) in [6.07, 6.45) is 1.64. The zero-order valence-electron chi connectivity index (χ0n) is 11.0. The summed E-state index contributed by atoms with van der Waals surface area (Å²) in [5, 5.41) is 0.636. The Morgan fingerprint density at radius 2 is 1.75 bits per heavy atom. The molecule has 1 aromatic carbocycles. The molecular formula is C15H14ClNO3. The second-order valence-corrected chi connectivity index (χ2v) is 6.19. The zero-order valence-corrected chi connectivity index (χ0v) is 11.8. The summed E-state index contributed by atoms with van der Waals surface area (Å²) in [4.78, 5) is 26.5. The van der Waals surface area contributed by atoms with Gasteiger partial charge in [0, 0.05) is 5.02 Å². The summed E-state index contributed by atoms with van der Waals surface area (Å²) >= 11 is 6.00. The highest BCUT2D eigenvalue weighted by atomic mass is 35.5. The Kier molecular flexibility index (Phi) is 2.51. The van der Waals surface area contributed by atoms with E-state index in [9.17, 15) is 9.59 Å². The number of ether oxygens (including phenoxy) is 1. The molecule has 0 unspecified atom stereocenters. The molecule has 0 spiro atoms. The van der Waals surface area contributed by atoms with Crippen LogP contribution in [-0.2, 0) is 14.3 Å². The van der Waals surface area contributed by atoms with Crippen LogP contribution in [0.15, 0.2) is 18.2 Å². The molecule has 3 heterocycles. The first-order chi connectivity index (χ1) is 9.58. The molecule has 0 aliphatic carbocycles. The topological polar surface area (TPSA) is 46.6 Å². The summed E-state index contributed by atoms with van der Waals surface area (Å²) in [5.74, 6) is -0.794. The molecule has 0 radical (unpaired) electrons. The second-order valence-electron chi connectivity index (χ2n) is 5.79. The van der Waals surface area contributed by atoms with Crippen molar-refractivity contribution in [3.05, 3.63) is 28.8 Å². The first-order valence-electron chi connectivity index (χ1n) is 6.87. The van der Waals surface area contributed by atoms with Gasteiger partial charge in [-0.05, 0) is 43.5 Å². The van der Waals surface area contributed by atoms with Crippen LogP contribution in [0.4, 0.5) is 5.69 Å². The van der Waals surface area contributed by atoms with E-state index in [1.165, 1.54) is 4.90 Å². The highest BCUT2D eigenvalue weighted by molar-refractivity contribution is 6.31. The van der Waals surface area contributed by atoms with Crippen LogP contribution >= 0.6 is 11.6 Å². The third-order valence-corrected chi connectivity index (χ3v) is 5.11. The van der Waals surface area contributed by atoms with Crippen molar-refractivity contribution in [2.75, 3.05) is 4.90 Å². The number of nitrogens with zero attached hydrogens (tertiary/aromatic N) is 1. The Bertz CT molecular complexity index is 602. The molecule has 104 valence electrons. The Labute approximate surface area is 121 Å². The lowest BCUT2D eigenvalue weighted by molar-refractivity contribution is -0.124. The Morgan fingerprint density at radius 1 is 1.15 bits per heavy atom. The van der Waals surface area contributed by atoms with Crippen LogP contribution in [0.1, 0.15) is 18.4 Å². The maximum absolute atomic E-state index is 12.6. The molecule has 3 aliphatic rings. The van der Waals surface area contributed by atoms with Gasteiger partial charge < -0.3 is 4.74 Å². The van der Waals surface area contributed by atoms with Gasteiger partial charge in [0.1, 0.15) is 0 Å². The number of fused-ring (bicyclic) bond motifs is 5. The first-order valence-corrected chi connectivity index (χ1v) is 7.25. The fraction of sp³-hybridized carbons (Fsp3) is 0.467. The van der Waals surface area contributed by atoms with Gasteiger partial charge in [0.15, 0.2) is 0 Å². The molecule has 0 N–H and O–H groups in total. The Morgan fingerprint density at radius 3 is 2.30 bits per heavy atom. The van der Waals surface area contributed by atoms with Crippen LogP contribution in [0.25, 0.3) is 0 Å². The monoisotopic (exact) mass is 291 g/mol. The summed E-state index contributed by atoms with van der Waals surface area (Å²) in [6.45, 7) is 1.87. The normalized spacial score (nSPS) is 35.0. The molecule has 2 bridgehead atoms. The number of hydrogen-bond donors (Lipinski definition) is 0. The fourth-order valence-corrected chi connectivity index (χ4v) is 3.85. The average Bonchev–Trinajstić information content (AvgIpc) is 3.08. The first kappa shape index (κ1) is 12.4. The fourth-order valence-electron chi connectivity index (χ4n) is 3.73. The highest BCUT2D eigenvalue weighted by Crippen LogP contribution is 2.49. The number of aryl methyl sites for hydroxylation is 1. The summed E-state index contributed by atoms with van der Waals surface area (Å²) < 4.78 is 5.72. The Hall–Kier alpha value is -1.39. The van der Waals surface area contributed by atoms with Crippen LogP contribution in [-0.4, -0.2) is 24.0 Å². The average molecular weight is 292 g/mol. The number of anilines is 1. The molecule has 0 aromatic heterocycles. The molecule has 4 nitrogen and oxygen atoms in total. The van der Waals surface area contributed by atoms with Crippen LogP contribution in [0, 0.1) is 18.8 Å². The van der Waals surface area contributed by atoms with Crippen LogP contribution in [0.3, 0.4) is 0 Å². The van der Waals surface area contributed by atoms with Gasteiger partial charge in [-0.1, -0.05) is 11.6 Å². The van der Waals surface area contributed by atoms with E-state index in [0.717, 1.165) is 18.4 Å². The lowest BCUT2D eigenvalue weighted by Crippen LogP contribution is -2.34. The smallest absolute Gasteiger partial charge is 0.240 e. The minimum atomic E-state index is -0.280. The van der Waals surface area contributed by atoms with E-state index in [2.05, 4.69) is 0 Å². The molecule has 1 aromatic rings. The number of carbonyl (C=O) groups is 2. The molecule has 4 rings (SSSR count). The molecule has 20 heavy (non-hydrogen) atoms. The van der Waals surface area contributed by atoms with Crippen molar-refractivity contribution < 1.29 is 14.3 Å². The molecule has 5 heteroatoms. The van der Waals surface area contributed by atoms with E-state index in [-0.39, 0.29) is 35.9 Å². The molecule has 4 atom stereocenters. The standard InChI is InChI=1S/C15H14ClNO3/c1-7-6-8(2-3-9(7)16)17-14(18)12-10-4-5-11(20-10)13(12)15(17)19/h2-3,6,10-13H,4-5H2,1H3/t10-,11+,12-,13+. The van der Waals surface area contributed by atoms with Crippen molar-refractivity contribution in [1.29, 1.82) is 0 Å². The maximum Gasteiger partial charge on any atom is 0.240 e. The van der Waals surface area contributed by atoms with Crippen LogP contribution in [0.5, 0.6) is 0 Å². The lowest BCUT2D eigenvalue weighted by atomic mass is 9.81. The van der Waals surface area contributed by atoms with Crippen molar-refractivity contribution in [2.45, 2.75) is 32.0 Å². The third kappa shape index (κ3) is 1.46. The molecule has 3 fully saturated rings. The number of amides is 2. The van der Waals surface area contributed by atoms with E-state index in [1.807, 2.05) is 6.92 Å². The third-order valence-electron chi connectivity index (χ3n) is 4.68. The van der Waals surface area contributed by atoms with Crippen molar-refractivity contribution in [3.8, 4) is 0 Å². The summed E-state index contributed by atoms with van der Waals surface area (Å²) in [7, 11) is 0. The predicted molar refractivity (Wildman–Crippen MR) is 73.6 cm³/mol. The van der Waals surface area contributed by atoms with E-state index in [1.54, 1.807) is 18.2 Å². The minimum absolute atomic E-state index is 0.0696. The molecule has 3 aliphatic heterocycles. The van der Waals surface area contributed by atoms with Crippen molar-refractivity contribution >= 4 is 29.1 Å². The summed E-state index contributed by atoms with van der Waals surface area (Å²) in [6, 6.07) is 5.25. The van der Waals surface area contributed by atoms with Gasteiger partial charge in [0.05, 0.1) is 29.7 Å². The maximum atomic E-state index is 12.6. The summed E-state index contributed by atoms with van der Waals surface area (Å²) in [5.41, 5.74) is 1.48. The largest absolute Gasteiger partial charge is 0.373 e. The number of carbonyl (C=O) groups excluding carboxylic acids is 2. The van der Waals surface area contributed by atoms with E-state index >= 15 is 0 Å². The van der Waals surface area contributed by atoms with E-state index in [4.69, 9.17) is 16.3 Å². The Balaban J connectivity index is 1.74. The number of imide groups is 1. The van der Waals surface area contributed by atoms with E-state index < -0.39 is 0 Å². The second kappa shape index (κ2) is 4.06. The predicted octanol–water partition coefficient (Wildman–Crippen LogP) is 2.32. The number of benzene rings is 1. The lowest BCUT2D eigenvalue weighted by Gasteiger charge is -2.18. The molecule has 0 saturated carbocycles. The van der Waals surface area contributed by atoms with E-state index in [0.29, 0.717) is 10.7 Å². The van der Waals surface area contributed by atoms with Gasteiger partial charge in [0.2, 0.25) is 11.8 Å².